The third-order valence-electron chi connectivity index (χ3n) is 6.87. The lowest BCUT2D eigenvalue weighted by molar-refractivity contribution is 0.0599. The first-order valence-corrected chi connectivity index (χ1v) is 14.7. The number of hydrogen-bond acceptors (Lipinski definition) is 6. The highest BCUT2D eigenvalue weighted by Gasteiger charge is 2.12. The van der Waals surface area contributed by atoms with Crippen LogP contribution in [0.1, 0.15) is 23.2 Å². The largest absolute Gasteiger partial charge is 0.493 e. The zero-order valence-electron chi connectivity index (χ0n) is 24.8. The average molecular weight is 589 g/mol. The molecule has 0 fully saturated rings. The number of rotatable bonds is 15. The molecule has 44 heavy (non-hydrogen) atoms. The summed E-state index contributed by atoms with van der Waals surface area (Å²) in [4.78, 5) is 12.3. The van der Waals surface area contributed by atoms with E-state index in [9.17, 15) is 4.79 Å². The van der Waals surface area contributed by atoms with Gasteiger partial charge in [-0.05, 0) is 35.4 Å². The van der Waals surface area contributed by atoms with Crippen molar-refractivity contribution < 1.29 is 28.5 Å². The zero-order chi connectivity index (χ0) is 30.4. The molecule has 5 aromatic rings. The first-order chi connectivity index (χ1) is 21.7. The number of carbonyl (C=O) groups is 1. The van der Waals surface area contributed by atoms with Crippen LogP contribution in [0, 0.1) is 0 Å². The van der Waals surface area contributed by atoms with E-state index in [-0.39, 0.29) is 0 Å². The van der Waals surface area contributed by atoms with Crippen molar-refractivity contribution in [2.24, 2.45) is 0 Å². The Labute approximate surface area is 258 Å². The van der Waals surface area contributed by atoms with E-state index < -0.39 is 5.97 Å². The fraction of sp³-hybridized carbons (Fsp3) is 0.184. The monoisotopic (exact) mass is 588 g/mol. The van der Waals surface area contributed by atoms with Gasteiger partial charge in [-0.2, -0.15) is 0 Å². The normalized spacial score (nSPS) is 10.6. The van der Waals surface area contributed by atoms with Gasteiger partial charge < -0.3 is 23.7 Å². The second-order valence-corrected chi connectivity index (χ2v) is 10.0. The van der Waals surface area contributed by atoms with Gasteiger partial charge in [0.15, 0.2) is 0 Å². The van der Waals surface area contributed by atoms with Crippen LogP contribution >= 0.6 is 0 Å². The van der Waals surface area contributed by atoms with Crippen molar-refractivity contribution in [3.05, 3.63) is 133 Å². The Kier molecular flexibility index (Phi) is 10.9. The third-order valence-corrected chi connectivity index (χ3v) is 6.87. The molecule has 0 aliphatic heterocycles. The van der Waals surface area contributed by atoms with E-state index in [1.54, 1.807) is 18.2 Å². The molecule has 0 spiro atoms. The molecule has 0 saturated carbocycles. The Hall–Kier alpha value is -5.23. The second kappa shape index (κ2) is 15.8. The molecule has 0 saturated heterocycles. The summed E-state index contributed by atoms with van der Waals surface area (Å²) in [6.45, 7) is 1.78. The van der Waals surface area contributed by atoms with Crippen molar-refractivity contribution in [2.45, 2.75) is 12.8 Å². The van der Waals surface area contributed by atoms with Crippen molar-refractivity contribution in [3.8, 4) is 45.3 Å². The molecule has 6 nitrogen and oxygen atoms in total. The van der Waals surface area contributed by atoms with E-state index in [0.29, 0.717) is 56.3 Å². The predicted octanol–water partition coefficient (Wildman–Crippen LogP) is 8.50. The number of methoxy groups -OCH3 is 1. The molecule has 0 unspecified atom stereocenters. The number of ether oxygens (including phenoxy) is 5. The van der Waals surface area contributed by atoms with E-state index in [0.717, 1.165) is 33.8 Å². The minimum Gasteiger partial charge on any atom is -0.493 e. The Morgan fingerprint density at radius 1 is 0.500 bits per heavy atom. The molecule has 6 heteroatoms. The van der Waals surface area contributed by atoms with Crippen molar-refractivity contribution in [1.29, 1.82) is 0 Å². The van der Waals surface area contributed by atoms with Gasteiger partial charge in [0.05, 0.1) is 39.1 Å². The van der Waals surface area contributed by atoms with Crippen LogP contribution in [0.3, 0.4) is 0 Å². The van der Waals surface area contributed by atoms with Crippen LogP contribution in [-0.2, 0) is 4.74 Å². The number of esters is 1. The van der Waals surface area contributed by atoms with E-state index in [1.165, 1.54) is 7.11 Å². The standard InChI is InChI=1S/C38H36O6/c1-40-38(39)31-26-32(41-22-12-24-43-36-20-10-8-18-34(36)29-14-4-2-5-15-29)28-33(27-31)42-23-13-25-44-37-21-11-9-19-35(37)30-16-6-3-7-17-30/h2-11,14-21,26-28H,12-13,22-25H2,1H3. The van der Waals surface area contributed by atoms with E-state index in [1.807, 2.05) is 72.8 Å². The summed E-state index contributed by atoms with van der Waals surface area (Å²) in [5.41, 5.74) is 4.67. The summed E-state index contributed by atoms with van der Waals surface area (Å²) in [6, 6.07) is 41.4. The summed E-state index contributed by atoms with van der Waals surface area (Å²) in [5, 5.41) is 0. The van der Waals surface area contributed by atoms with Crippen molar-refractivity contribution in [1.82, 2.24) is 0 Å². The van der Waals surface area contributed by atoms with Crippen LogP contribution in [0.5, 0.6) is 23.0 Å². The quantitative estimate of drug-likeness (QED) is 0.0903. The van der Waals surface area contributed by atoms with Gasteiger partial charge in [-0.3, -0.25) is 0 Å². The first-order valence-electron chi connectivity index (χ1n) is 14.7. The van der Waals surface area contributed by atoms with Crippen LogP contribution < -0.4 is 18.9 Å². The molecule has 0 N–H and O–H groups in total. The zero-order valence-corrected chi connectivity index (χ0v) is 24.8. The van der Waals surface area contributed by atoms with Crippen molar-refractivity contribution in [3.63, 3.8) is 0 Å². The molecule has 0 amide bonds. The second-order valence-electron chi connectivity index (χ2n) is 10.0. The predicted molar refractivity (Wildman–Crippen MR) is 173 cm³/mol. The van der Waals surface area contributed by atoms with Crippen LogP contribution in [0.25, 0.3) is 22.3 Å². The Bertz CT molecular complexity index is 1510. The molecule has 0 heterocycles. The van der Waals surface area contributed by atoms with Crippen LogP contribution in [-0.4, -0.2) is 39.5 Å². The van der Waals surface area contributed by atoms with Gasteiger partial charge in [-0.25, -0.2) is 4.79 Å². The molecule has 5 aromatic carbocycles. The highest BCUT2D eigenvalue weighted by Crippen LogP contribution is 2.31. The molecule has 0 aromatic heterocycles. The fourth-order valence-corrected chi connectivity index (χ4v) is 4.73. The summed E-state index contributed by atoms with van der Waals surface area (Å²) < 4.78 is 29.1. The van der Waals surface area contributed by atoms with Crippen molar-refractivity contribution >= 4 is 5.97 Å². The lowest BCUT2D eigenvalue weighted by atomic mass is 10.1. The smallest absolute Gasteiger partial charge is 0.338 e. The summed E-state index contributed by atoms with van der Waals surface area (Å²) in [5.74, 6) is 2.26. The Morgan fingerprint density at radius 2 is 0.909 bits per heavy atom. The van der Waals surface area contributed by atoms with Gasteiger partial charge in [0.25, 0.3) is 0 Å². The maximum absolute atomic E-state index is 12.3. The van der Waals surface area contributed by atoms with Gasteiger partial charge in [0.2, 0.25) is 0 Å². The molecule has 224 valence electrons. The van der Waals surface area contributed by atoms with Crippen LogP contribution in [0.2, 0.25) is 0 Å². The first kappa shape index (κ1) is 30.2. The molecule has 0 aliphatic carbocycles. The summed E-state index contributed by atoms with van der Waals surface area (Å²) >= 11 is 0. The van der Waals surface area contributed by atoms with Gasteiger partial charge in [-0.1, -0.05) is 97.1 Å². The number of hydrogen-bond donors (Lipinski definition) is 0. The topological polar surface area (TPSA) is 63.2 Å². The molecule has 0 atom stereocenters. The van der Waals surface area contributed by atoms with Crippen molar-refractivity contribution in [2.75, 3.05) is 33.5 Å². The number of carbonyl (C=O) groups excluding carboxylic acids is 1. The molecular formula is C38H36O6. The molecule has 5 rings (SSSR count). The molecule has 0 bridgehead atoms. The Morgan fingerprint density at radius 3 is 1.36 bits per heavy atom. The maximum atomic E-state index is 12.3. The van der Waals surface area contributed by atoms with Gasteiger partial charge in [-0.15, -0.1) is 0 Å². The third kappa shape index (κ3) is 8.42. The molecular weight excluding hydrogens is 552 g/mol. The number of benzene rings is 5. The van der Waals surface area contributed by atoms with Crippen LogP contribution in [0.15, 0.2) is 127 Å². The van der Waals surface area contributed by atoms with E-state index in [4.69, 9.17) is 23.7 Å². The lowest BCUT2D eigenvalue weighted by Gasteiger charge is -2.14. The maximum Gasteiger partial charge on any atom is 0.338 e. The molecule has 0 aliphatic rings. The van der Waals surface area contributed by atoms with Gasteiger partial charge in [0.1, 0.15) is 23.0 Å². The summed E-state index contributed by atoms with van der Waals surface area (Å²) in [7, 11) is 1.35. The summed E-state index contributed by atoms with van der Waals surface area (Å²) in [6.07, 6.45) is 1.31. The average Bonchev–Trinajstić information content (AvgIpc) is 3.08. The highest BCUT2D eigenvalue weighted by atomic mass is 16.5. The lowest BCUT2D eigenvalue weighted by Crippen LogP contribution is -2.08. The minimum absolute atomic E-state index is 0.362. The van der Waals surface area contributed by atoms with E-state index in [2.05, 4.69) is 36.4 Å². The molecule has 0 radical (unpaired) electrons. The Balaban J connectivity index is 1.11. The minimum atomic E-state index is -0.456. The fourth-order valence-electron chi connectivity index (χ4n) is 4.73. The SMILES string of the molecule is COC(=O)c1cc(OCCCOc2ccccc2-c2ccccc2)cc(OCCCOc2ccccc2-c2ccccc2)c1. The highest BCUT2D eigenvalue weighted by molar-refractivity contribution is 5.90. The van der Waals surface area contributed by atoms with E-state index >= 15 is 0 Å². The number of para-hydroxylation sites is 2. The van der Waals surface area contributed by atoms with Gasteiger partial charge in [0, 0.05) is 30.0 Å². The van der Waals surface area contributed by atoms with Crippen LogP contribution in [0.4, 0.5) is 0 Å². The van der Waals surface area contributed by atoms with Gasteiger partial charge >= 0.3 is 5.97 Å².